The molecular weight excluding hydrogens is 384 g/mol. The largest absolute Gasteiger partial charge is 0.432 e. The Balaban J connectivity index is 1.98. The van der Waals surface area contributed by atoms with Crippen molar-refractivity contribution in [1.29, 1.82) is 0 Å². The Labute approximate surface area is 178 Å². The van der Waals surface area contributed by atoms with Gasteiger partial charge in [0.2, 0.25) is 0 Å². The molecule has 0 aromatic rings. The average molecular weight is 417 g/mol. The Hall–Kier alpha value is -2.05. The number of carbonyl (C=O) groups excluding carboxylic acids is 3. The number of ether oxygens (including phenoxy) is 3. The fourth-order valence-corrected chi connectivity index (χ4v) is 5.26. The van der Waals surface area contributed by atoms with Gasteiger partial charge in [-0.25, -0.2) is 4.79 Å². The minimum absolute atomic E-state index is 0.0258. The molecule has 164 valence electrons. The number of rotatable bonds is 7. The quantitative estimate of drug-likeness (QED) is 0.271. The molecule has 3 rings (SSSR count). The summed E-state index contributed by atoms with van der Waals surface area (Å²) >= 11 is 0. The molecule has 30 heavy (non-hydrogen) atoms. The molecule has 0 saturated carbocycles. The highest BCUT2D eigenvalue weighted by atomic mass is 16.6. The second-order valence-corrected chi connectivity index (χ2v) is 9.40. The summed E-state index contributed by atoms with van der Waals surface area (Å²) in [7, 11) is 0. The molecule has 5 atom stereocenters. The van der Waals surface area contributed by atoms with Crippen LogP contribution in [0, 0.1) is 11.3 Å². The zero-order chi connectivity index (χ0) is 22.1. The van der Waals surface area contributed by atoms with Gasteiger partial charge in [-0.15, -0.1) is 0 Å². The van der Waals surface area contributed by atoms with E-state index in [1.807, 2.05) is 19.9 Å². The predicted octanol–water partition coefficient (Wildman–Crippen LogP) is 3.85. The Bertz CT molecular complexity index is 818. The van der Waals surface area contributed by atoms with Crippen LogP contribution in [0.15, 0.2) is 35.6 Å². The zero-order valence-corrected chi connectivity index (χ0v) is 18.5. The van der Waals surface area contributed by atoms with Crippen molar-refractivity contribution in [2.24, 2.45) is 11.3 Å². The van der Waals surface area contributed by atoms with Crippen molar-refractivity contribution in [3.8, 4) is 0 Å². The van der Waals surface area contributed by atoms with Crippen LogP contribution in [-0.2, 0) is 28.6 Å². The van der Waals surface area contributed by atoms with Crippen molar-refractivity contribution in [3.05, 3.63) is 35.6 Å². The van der Waals surface area contributed by atoms with E-state index in [9.17, 15) is 14.4 Å². The SMILES string of the molecule is CC(=O)C[C@@H]1C[C@@]2(C)CC=C3CO[C@@H](CC(C)=O)[C@]3(O1)[C@@H]2/C=C/OC(=O)C=C(C)C. The van der Waals surface area contributed by atoms with Gasteiger partial charge in [0.15, 0.2) is 0 Å². The van der Waals surface area contributed by atoms with Gasteiger partial charge in [0.05, 0.1) is 25.1 Å². The minimum atomic E-state index is -0.823. The second kappa shape index (κ2) is 8.60. The predicted molar refractivity (Wildman–Crippen MR) is 112 cm³/mol. The number of hydrogen-bond acceptors (Lipinski definition) is 6. The van der Waals surface area contributed by atoms with E-state index in [0.29, 0.717) is 19.4 Å². The Morgan fingerprint density at radius 3 is 2.50 bits per heavy atom. The maximum Gasteiger partial charge on any atom is 0.335 e. The number of Topliss-reactive ketones (excluding diaryl/α,β-unsaturated/α-hetero) is 2. The van der Waals surface area contributed by atoms with Gasteiger partial charge in [0, 0.05) is 24.8 Å². The van der Waals surface area contributed by atoms with E-state index in [1.54, 1.807) is 13.8 Å². The van der Waals surface area contributed by atoms with Crippen LogP contribution in [-0.4, -0.2) is 42.0 Å². The monoisotopic (exact) mass is 416 g/mol. The van der Waals surface area contributed by atoms with Crippen molar-refractivity contribution in [1.82, 2.24) is 0 Å². The van der Waals surface area contributed by atoms with Gasteiger partial charge < -0.3 is 14.2 Å². The number of esters is 1. The summed E-state index contributed by atoms with van der Waals surface area (Å²) in [6.45, 7) is 9.36. The summed E-state index contributed by atoms with van der Waals surface area (Å²) in [5.41, 5.74) is 0.852. The summed E-state index contributed by atoms with van der Waals surface area (Å²) in [5.74, 6) is -0.461. The third-order valence-electron chi connectivity index (χ3n) is 6.35. The number of ketones is 2. The molecule has 0 aromatic carbocycles. The zero-order valence-electron chi connectivity index (χ0n) is 18.5. The molecule has 2 saturated heterocycles. The number of hydrogen-bond donors (Lipinski definition) is 0. The first-order valence-electron chi connectivity index (χ1n) is 10.6. The highest BCUT2D eigenvalue weighted by Gasteiger charge is 2.64. The first-order chi connectivity index (χ1) is 14.1. The van der Waals surface area contributed by atoms with E-state index in [2.05, 4.69) is 13.0 Å². The fraction of sp³-hybridized carbons (Fsp3) is 0.625. The molecule has 2 heterocycles. The molecule has 0 unspecified atom stereocenters. The van der Waals surface area contributed by atoms with Crippen LogP contribution in [0.2, 0.25) is 0 Å². The van der Waals surface area contributed by atoms with E-state index in [0.717, 1.165) is 17.6 Å². The van der Waals surface area contributed by atoms with E-state index >= 15 is 0 Å². The molecule has 2 bridgehead atoms. The lowest BCUT2D eigenvalue weighted by molar-refractivity contribution is -0.209. The fourth-order valence-electron chi connectivity index (χ4n) is 5.26. The second-order valence-electron chi connectivity index (χ2n) is 9.40. The van der Waals surface area contributed by atoms with Gasteiger partial charge in [-0.1, -0.05) is 18.6 Å². The molecule has 3 aliphatic rings. The van der Waals surface area contributed by atoms with Crippen molar-refractivity contribution >= 4 is 17.5 Å². The summed E-state index contributed by atoms with van der Waals surface area (Å²) in [4.78, 5) is 35.8. The molecule has 0 amide bonds. The first kappa shape index (κ1) is 22.6. The molecule has 0 radical (unpaired) electrons. The summed E-state index contributed by atoms with van der Waals surface area (Å²) in [6.07, 6.45) is 8.37. The molecule has 0 aromatic heterocycles. The van der Waals surface area contributed by atoms with Gasteiger partial charge in [-0.2, -0.15) is 0 Å². The normalized spacial score (nSPS) is 34.8. The standard InChI is InChI=1S/C24H32O6/c1-15(2)10-22(27)28-9-7-20-23(5)8-6-18-14-29-21(12-17(4)26)24(18,20)30-19(13-23)11-16(3)25/h6-7,9-10,19-21H,8,11-14H2,1-5H3/b9-7+/t19-,20-,21+,23-,24-/m1/s1. The van der Waals surface area contributed by atoms with Gasteiger partial charge >= 0.3 is 5.97 Å². The van der Waals surface area contributed by atoms with Crippen molar-refractivity contribution < 1.29 is 28.6 Å². The number of fused-ring (bicyclic) bond motifs is 1. The minimum Gasteiger partial charge on any atom is -0.432 e. The van der Waals surface area contributed by atoms with Gasteiger partial charge in [0.25, 0.3) is 0 Å². The molecular formula is C24H32O6. The average Bonchev–Trinajstić information content (AvgIpc) is 2.91. The smallest absolute Gasteiger partial charge is 0.335 e. The van der Waals surface area contributed by atoms with Crippen LogP contribution in [0.4, 0.5) is 0 Å². The van der Waals surface area contributed by atoms with Crippen molar-refractivity contribution in [2.75, 3.05) is 6.61 Å². The maximum absolute atomic E-state index is 12.0. The van der Waals surface area contributed by atoms with Crippen LogP contribution in [0.3, 0.4) is 0 Å². The Morgan fingerprint density at radius 2 is 1.87 bits per heavy atom. The number of carbonyl (C=O) groups is 3. The van der Waals surface area contributed by atoms with E-state index < -0.39 is 17.7 Å². The summed E-state index contributed by atoms with van der Waals surface area (Å²) < 4.78 is 18.0. The van der Waals surface area contributed by atoms with Crippen LogP contribution in [0.25, 0.3) is 0 Å². The highest BCUT2D eigenvalue weighted by Crippen LogP contribution is 2.60. The molecule has 6 heteroatoms. The molecule has 2 fully saturated rings. The third-order valence-corrected chi connectivity index (χ3v) is 6.35. The van der Waals surface area contributed by atoms with Gasteiger partial charge in [0.1, 0.15) is 17.2 Å². The molecule has 1 spiro atoms. The highest BCUT2D eigenvalue weighted by molar-refractivity contribution is 5.83. The topological polar surface area (TPSA) is 78.9 Å². The lowest BCUT2D eigenvalue weighted by Gasteiger charge is -2.57. The molecule has 6 nitrogen and oxygen atoms in total. The van der Waals surface area contributed by atoms with Crippen LogP contribution < -0.4 is 0 Å². The van der Waals surface area contributed by atoms with Crippen molar-refractivity contribution in [2.45, 2.75) is 78.1 Å². The molecule has 2 aliphatic heterocycles. The van der Waals surface area contributed by atoms with E-state index in [1.165, 1.54) is 12.3 Å². The molecule has 1 aliphatic carbocycles. The lowest BCUT2D eigenvalue weighted by Crippen LogP contribution is -2.62. The first-order valence-corrected chi connectivity index (χ1v) is 10.6. The lowest BCUT2D eigenvalue weighted by atomic mass is 9.55. The summed E-state index contributed by atoms with van der Waals surface area (Å²) in [6, 6.07) is 0. The Morgan fingerprint density at radius 1 is 1.17 bits per heavy atom. The number of allylic oxidation sites excluding steroid dienone is 2. The van der Waals surface area contributed by atoms with Gasteiger partial charge in [-0.3, -0.25) is 9.59 Å². The third kappa shape index (κ3) is 4.35. The Kier molecular flexibility index (Phi) is 6.48. The van der Waals surface area contributed by atoms with Gasteiger partial charge in [-0.05, 0) is 57.6 Å². The van der Waals surface area contributed by atoms with Crippen molar-refractivity contribution in [3.63, 3.8) is 0 Å². The van der Waals surface area contributed by atoms with E-state index in [-0.39, 0.29) is 35.4 Å². The maximum atomic E-state index is 12.0. The van der Waals surface area contributed by atoms with Crippen LogP contribution in [0.5, 0.6) is 0 Å². The van der Waals surface area contributed by atoms with Crippen LogP contribution in [0.1, 0.15) is 60.3 Å². The molecule has 0 N–H and O–H groups in total. The van der Waals surface area contributed by atoms with E-state index in [4.69, 9.17) is 14.2 Å². The summed E-state index contributed by atoms with van der Waals surface area (Å²) in [5, 5.41) is 0. The van der Waals surface area contributed by atoms with Crippen LogP contribution >= 0.6 is 0 Å².